The van der Waals surface area contributed by atoms with Gasteiger partial charge in [-0.15, -0.1) is 0 Å². The molecule has 1 saturated carbocycles. The Morgan fingerprint density at radius 3 is 2.43 bits per heavy atom. The van der Waals surface area contributed by atoms with E-state index in [0.29, 0.717) is 37.5 Å². The standard InChI is InChI=1S/C35H40N4O4S/c1-44(43)36-34(41)25-13-14-29-30(21-25)39-22-26(35(42)37-18-15-27(16-19-37)38-17-7-12-31(38)40)20-24-10-5-6-11-28(24)33(39)32(29)23-8-3-2-4-9-23/h5-6,10-11,13-14,20-21,23,27H,2-4,7-9,12,15-19,22H2,1H3,(H,36,41). The van der Waals surface area contributed by atoms with Crippen LogP contribution in [-0.4, -0.2) is 68.2 Å². The summed E-state index contributed by atoms with van der Waals surface area (Å²) in [6.07, 6.45) is 12.6. The lowest BCUT2D eigenvalue weighted by molar-refractivity contribution is -0.132. The summed E-state index contributed by atoms with van der Waals surface area (Å²) in [6.45, 7) is 2.51. The number of nitrogens with one attached hydrogen (secondary N) is 1. The number of carbonyl (C=O) groups is 3. The zero-order valence-corrected chi connectivity index (χ0v) is 26.2. The summed E-state index contributed by atoms with van der Waals surface area (Å²) in [5.41, 5.74) is 6.71. The molecule has 0 radical (unpaired) electrons. The summed E-state index contributed by atoms with van der Waals surface area (Å²) < 4.78 is 16.6. The molecule has 4 heterocycles. The van der Waals surface area contributed by atoms with Crippen LogP contribution in [0.5, 0.6) is 0 Å². The Labute approximate surface area is 261 Å². The van der Waals surface area contributed by atoms with E-state index in [9.17, 15) is 18.6 Å². The second kappa shape index (κ2) is 12.0. The lowest BCUT2D eigenvalue weighted by atomic mass is 9.81. The van der Waals surface area contributed by atoms with E-state index in [1.807, 2.05) is 34.1 Å². The minimum atomic E-state index is -1.47. The highest BCUT2D eigenvalue weighted by molar-refractivity contribution is 7.82. The summed E-state index contributed by atoms with van der Waals surface area (Å²) in [5.74, 6) is 0.317. The van der Waals surface area contributed by atoms with E-state index in [-0.39, 0.29) is 23.8 Å². The molecule has 44 heavy (non-hydrogen) atoms. The van der Waals surface area contributed by atoms with Crippen molar-refractivity contribution in [2.75, 3.05) is 25.9 Å². The van der Waals surface area contributed by atoms with Crippen molar-refractivity contribution in [3.63, 3.8) is 0 Å². The number of hydrogen-bond donors (Lipinski definition) is 1. The van der Waals surface area contributed by atoms with E-state index >= 15 is 0 Å². The highest BCUT2D eigenvalue weighted by Crippen LogP contribution is 2.46. The van der Waals surface area contributed by atoms with Crippen LogP contribution in [0.15, 0.2) is 48.0 Å². The molecule has 230 valence electrons. The van der Waals surface area contributed by atoms with E-state index in [4.69, 9.17) is 0 Å². The third-order valence-corrected chi connectivity index (χ3v) is 10.5. The molecule has 3 aliphatic heterocycles. The first-order chi connectivity index (χ1) is 21.4. The minimum Gasteiger partial charge on any atom is -0.340 e. The predicted octanol–water partition coefficient (Wildman–Crippen LogP) is 5.39. The van der Waals surface area contributed by atoms with Crippen LogP contribution < -0.4 is 4.72 Å². The SMILES string of the molecule is CS(=O)NC(=O)c1ccc2c(C3CCCCC3)c3n(c2c1)CC(C(=O)N1CCC(N2CCCC2=O)CC1)=Cc1ccccc1-3. The summed E-state index contributed by atoms with van der Waals surface area (Å²) in [6, 6.07) is 14.4. The average molecular weight is 613 g/mol. The number of aromatic nitrogens is 1. The molecule has 2 aromatic carbocycles. The van der Waals surface area contributed by atoms with Crippen molar-refractivity contribution in [3.8, 4) is 11.3 Å². The molecule has 1 N–H and O–H groups in total. The lowest BCUT2D eigenvalue weighted by Crippen LogP contribution is -2.47. The van der Waals surface area contributed by atoms with Crippen LogP contribution in [0.4, 0.5) is 0 Å². The maximum absolute atomic E-state index is 14.2. The van der Waals surface area contributed by atoms with Gasteiger partial charge in [-0.1, -0.05) is 49.6 Å². The van der Waals surface area contributed by atoms with Gasteiger partial charge < -0.3 is 14.4 Å². The van der Waals surface area contributed by atoms with E-state index in [1.165, 1.54) is 31.1 Å². The molecule has 0 bridgehead atoms. The fourth-order valence-corrected chi connectivity index (χ4v) is 8.36. The summed E-state index contributed by atoms with van der Waals surface area (Å²) in [4.78, 5) is 43.5. The first kappa shape index (κ1) is 29.0. The second-order valence-corrected chi connectivity index (χ2v) is 13.9. The number of nitrogens with zero attached hydrogens (tertiary/aromatic N) is 3. The van der Waals surface area contributed by atoms with Crippen LogP contribution in [0.3, 0.4) is 0 Å². The Morgan fingerprint density at radius 2 is 1.70 bits per heavy atom. The molecule has 3 aromatic rings. The van der Waals surface area contributed by atoms with Gasteiger partial charge in [0.15, 0.2) is 0 Å². The highest BCUT2D eigenvalue weighted by Gasteiger charge is 2.34. The zero-order chi connectivity index (χ0) is 30.4. The van der Waals surface area contributed by atoms with Gasteiger partial charge in [-0.3, -0.25) is 19.1 Å². The van der Waals surface area contributed by atoms with Gasteiger partial charge in [0.25, 0.3) is 11.8 Å². The van der Waals surface area contributed by atoms with E-state index in [0.717, 1.165) is 71.9 Å². The van der Waals surface area contributed by atoms with E-state index < -0.39 is 11.0 Å². The van der Waals surface area contributed by atoms with Crippen molar-refractivity contribution >= 4 is 45.7 Å². The number of hydrogen-bond acceptors (Lipinski definition) is 4. The Bertz CT molecular complexity index is 1690. The van der Waals surface area contributed by atoms with Crippen molar-refractivity contribution in [1.29, 1.82) is 0 Å². The maximum Gasteiger partial charge on any atom is 0.263 e. The third-order valence-electron chi connectivity index (χ3n) is 10.1. The number of benzene rings is 2. The number of piperidine rings is 1. The van der Waals surface area contributed by atoms with Crippen molar-refractivity contribution in [2.24, 2.45) is 0 Å². The molecular weight excluding hydrogens is 572 g/mol. The predicted molar refractivity (Wildman–Crippen MR) is 173 cm³/mol. The zero-order valence-electron chi connectivity index (χ0n) is 25.3. The summed E-state index contributed by atoms with van der Waals surface area (Å²) >= 11 is 0. The monoisotopic (exact) mass is 612 g/mol. The first-order valence-corrected chi connectivity index (χ1v) is 17.6. The molecule has 8 nitrogen and oxygen atoms in total. The number of carbonyl (C=O) groups excluding carboxylic acids is 3. The molecule has 1 atom stereocenters. The number of likely N-dealkylation sites (tertiary alicyclic amines) is 2. The van der Waals surface area contributed by atoms with E-state index in [2.05, 4.69) is 33.6 Å². The Hall–Kier alpha value is -3.72. The smallest absolute Gasteiger partial charge is 0.263 e. The van der Waals surface area contributed by atoms with Crippen LogP contribution >= 0.6 is 0 Å². The normalized spacial score (nSPS) is 20.2. The molecule has 3 amide bonds. The topological polar surface area (TPSA) is 91.7 Å². The van der Waals surface area contributed by atoms with Gasteiger partial charge in [0.05, 0.1) is 12.2 Å². The molecule has 1 aromatic heterocycles. The second-order valence-electron chi connectivity index (χ2n) is 12.8. The quantitative estimate of drug-likeness (QED) is 0.418. The molecule has 7 rings (SSSR count). The Balaban J connectivity index is 1.29. The fraction of sp³-hybridized carbons (Fsp3) is 0.457. The summed E-state index contributed by atoms with van der Waals surface area (Å²) in [5, 5.41) is 1.13. The number of rotatable bonds is 5. The summed E-state index contributed by atoms with van der Waals surface area (Å²) in [7, 11) is -1.47. The molecule has 0 spiro atoms. The molecule has 4 aliphatic rings. The van der Waals surface area contributed by atoms with Gasteiger partial charge in [-0.25, -0.2) is 4.21 Å². The molecule has 3 fully saturated rings. The van der Waals surface area contributed by atoms with Crippen molar-refractivity contribution in [3.05, 3.63) is 64.7 Å². The fourth-order valence-electron chi connectivity index (χ4n) is 7.98. The van der Waals surface area contributed by atoms with Crippen LogP contribution in [0.1, 0.15) is 85.2 Å². The van der Waals surface area contributed by atoms with Gasteiger partial charge in [0.1, 0.15) is 11.0 Å². The van der Waals surface area contributed by atoms with E-state index in [1.54, 1.807) is 0 Å². The third kappa shape index (κ3) is 5.29. The molecule has 2 saturated heterocycles. The minimum absolute atomic E-state index is 0.0372. The Kier molecular flexibility index (Phi) is 7.91. The molecule has 1 aliphatic carbocycles. The van der Waals surface area contributed by atoms with Gasteiger partial charge in [-0.05, 0) is 67.4 Å². The van der Waals surface area contributed by atoms with Crippen molar-refractivity contribution < 1.29 is 18.6 Å². The van der Waals surface area contributed by atoms with Gasteiger partial charge in [0, 0.05) is 66.0 Å². The average Bonchev–Trinajstić information content (AvgIpc) is 3.56. The highest BCUT2D eigenvalue weighted by atomic mass is 32.2. The van der Waals surface area contributed by atoms with Crippen LogP contribution in [0.25, 0.3) is 28.2 Å². The number of fused-ring (bicyclic) bond motifs is 5. The first-order valence-electron chi connectivity index (χ1n) is 16.1. The Morgan fingerprint density at radius 1 is 0.932 bits per heavy atom. The maximum atomic E-state index is 14.2. The largest absolute Gasteiger partial charge is 0.340 e. The van der Waals surface area contributed by atoms with Crippen molar-refractivity contribution in [2.45, 2.75) is 76.3 Å². The van der Waals surface area contributed by atoms with Gasteiger partial charge in [0.2, 0.25) is 5.91 Å². The molecule has 1 unspecified atom stereocenters. The van der Waals surface area contributed by atoms with Crippen molar-refractivity contribution in [1.82, 2.24) is 19.1 Å². The van der Waals surface area contributed by atoms with Crippen LogP contribution in [0.2, 0.25) is 0 Å². The molecular formula is C35H40N4O4S. The van der Waals surface area contributed by atoms with Gasteiger partial charge >= 0.3 is 0 Å². The number of amides is 3. The molecule has 9 heteroatoms. The van der Waals surface area contributed by atoms with Crippen LogP contribution in [-0.2, 0) is 27.1 Å². The van der Waals surface area contributed by atoms with Gasteiger partial charge in [-0.2, -0.15) is 0 Å². The van der Waals surface area contributed by atoms with Crippen LogP contribution in [0, 0.1) is 0 Å². The lowest BCUT2D eigenvalue weighted by Gasteiger charge is -2.37.